The smallest absolute Gasteiger partial charge is 0.273 e. The molecule has 4 rings (SSSR count). The highest BCUT2D eigenvalue weighted by Gasteiger charge is 2.20. The first kappa shape index (κ1) is 23.9. The van der Waals surface area contributed by atoms with E-state index in [9.17, 15) is 18.4 Å². The fourth-order valence-corrected chi connectivity index (χ4v) is 4.15. The third-order valence-corrected chi connectivity index (χ3v) is 6.13. The van der Waals surface area contributed by atoms with E-state index in [4.69, 9.17) is 21.4 Å². The van der Waals surface area contributed by atoms with Crippen LogP contribution in [0.25, 0.3) is 0 Å². The highest BCUT2D eigenvalue weighted by Crippen LogP contribution is 2.24. The zero-order valence-electron chi connectivity index (χ0n) is 18.3. The second-order valence-electron chi connectivity index (χ2n) is 8.09. The van der Waals surface area contributed by atoms with E-state index < -0.39 is 17.2 Å². The van der Waals surface area contributed by atoms with Gasteiger partial charge in [0.1, 0.15) is 29.0 Å². The summed E-state index contributed by atoms with van der Waals surface area (Å²) in [7, 11) is 0. The monoisotopic (exact) mass is 488 g/mol. The molecular formula is C25H23ClF2N2O4. The maximum absolute atomic E-state index is 13.8. The Morgan fingerprint density at radius 3 is 2.71 bits per heavy atom. The van der Waals surface area contributed by atoms with Crippen LogP contribution in [0.4, 0.5) is 8.78 Å². The molecule has 1 aliphatic heterocycles. The molecule has 0 saturated carbocycles. The van der Waals surface area contributed by atoms with Gasteiger partial charge in [0.2, 0.25) is 5.91 Å². The lowest BCUT2D eigenvalue weighted by Gasteiger charge is -2.29. The van der Waals surface area contributed by atoms with Gasteiger partial charge in [-0.15, -0.1) is 0 Å². The maximum Gasteiger partial charge on any atom is 0.273 e. The summed E-state index contributed by atoms with van der Waals surface area (Å²) in [6.07, 6.45) is 2.37. The van der Waals surface area contributed by atoms with Crippen molar-refractivity contribution in [2.24, 2.45) is 0 Å². The van der Waals surface area contributed by atoms with Crippen molar-refractivity contribution in [3.05, 3.63) is 97.9 Å². The quantitative estimate of drug-likeness (QED) is 0.551. The number of aliphatic hydroxyl groups excluding tert-OH is 1. The van der Waals surface area contributed by atoms with Crippen LogP contribution in [0.15, 0.2) is 53.5 Å². The fraction of sp³-hybridized carbons (Fsp3) is 0.280. The molecule has 1 N–H and O–H groups in total. The first-order chi connectivity index (χ1) is 16.4. The Bertz CT molecular complexity index is 1280. The first-order valence-corrected chi connectivity index (χ1v) is 11.2. The van der Waals surface area contributed by atoms with Crippen LogP contribution >= 0.6 is 11.6 Å². The number of carbonyl (C=O) groups is 1. The lowest BCUT2D eigenvalue weighted by Crippen LogP contribution is -2.36. The standard InChI is InChI=1S/C25H23ClF2N2O4/c26-24-22(34-15-19-3-4-20(27)12-21(19)28)6-9-30(25(24)33)13-16-1-2-18-14-29(23(32)7-10-31)8-5-17(18)11-16/h1-4,6,9,11-12,31H,5,7-8,10,13-15H2. The van der Waals surface area contributed by atoms with E-state index in [1.165, 1.54) is 16.7 Å². The summed E-state index contributed by atoms with van der Waals surface area (Å²) in [5.74, 6) is -1.37. The molecule has 2 heterocycles. The number of benzene rings is 2. The highest BCUT2D eigenvalue weighted by atomic mass is 35.5. The van der Waals surface area contributed by atoms with Crippen LogP contribution in [0.2, 0.25) is 5.02 Å². The average Bonchev–Trinajstić information content (AvgIpc) is 2.82. The Hall–Kier alpha value is -3.23. The van der Waals surface area contributed by atoms with Crippen molar-refractivity contribution < 1.29 is 23.4 Å². The van der Waals surface area contributed by atoms with Crippen LogP contribution in [0.5, 0.6) is 5.75 Å². The number of aromatic nitrogens is 1. The molecule has 1 amide bonds. The molecule has 0 spiro atoms. The molecule has 2 aromatic carbocycles. The molecule has 178 valence electrons. The van der Waals surface area contributed by atoms with Crippen molar-refractivity contribution in [1.29, 1.82) is 0 Å². The molecule has 0 atom stereocenters. The van der Waals surface area contributed by atoms with Gasteiger partial charge >= 0.3 is 0 Å². The third kappa shape index (κ3) is 5.29. The van der Waals surface area contributed by atoms with Crippen molar-refractivity contribution >= 4 is 17.5 Å². The molecule has 1 aliphatic rings. The van der Waals surface area contributed by atoms with Crippen LogP contribution in [0.1, 0.15) is 28.7 Å². The average molecular weight is 489 g/mol. The van der Waals surface area contributed by atoms with Gasteiger partial charge in [-0.3, -0.25) is 9.59 Å². The van der Waals surface area contributed by atoms with E-state index in [1.54, 1.807) is 11.1 Å². The van der Waals surface area contributed by atoms with Gasteiger partial charge in [0, 0.05) is 37.3 Å². The van der Waals surface area contributed by atoms with E-state index in [0.29, 0.717) is 26.1 Å². The SMILES string of the molecule is O=C(CCO)N1CCc2cc(Cn3ccc(OCc4ccc(F)cc4F)c(Cl)c3=O)ccc2C1. The van der Waals surface area contributed by atoms with Crippen molar-refractivity contribution in [2.75, 3.05) is 13.2 Å². The summed E-state index contributed by atoms with van der Waals surface area (Å²) in [5, 5.41) is 8.86. The van der Waals surface area contributed by atoms with Crippen LogP contribution in [0, 0.1) is 11.6 Å². The van der Waals surface area contributed by atoms with Crippen LogP contribution < -0.4 is 10.3 Å². The zero-order valence-corrected chi connectivity index (χ0v) is 19.0. The summed E-state index contributed by atoms with van der Waals surface area (Å²) in [4.78, 5) is 26.5. The van der Waals surface area contributed by atoms with Gasteiger partial charge in [-0.05, 0) is 41.3 Å². The number of hydrogen-bond donors (Lipinski definition) is 1. The van der Waals surface area contributed by atoms with E-state index in [-0.39, 0.29) is 41.9 Å². The number of amides is 1. The molecule has 9 heteroatoms. The number of halogens is 3. The molecule has 0 unspecified atom stereocenters. The molecule has 0 fully saturated rings. The predicted molar refractivity (Wildman–Crippen MR) is 123 cm³/mol. The maximum atomic E-state index is 13.8. The van der Waals surface area contributed by atoms with Crippen LogP contribution in [-0.4, -0.2) is 33.6 Å². The fourth-order valence-electron chi connectivity index (χ4n) is 3.93. The largest absolute Gasteiger partial charge is 0.487 e. The summed E-state index contributed by atoms with van der Waals surface area (Å²) < 4.78 is 33.8. The molecule has 0 aliphatic carbocycles. The van der Waals surface area contributed by atoms with Crippen molar-refractivity contribution in [3.63, 3.8) is 0 Å². The second-order valence-corrected chi connectivity index (χ2v) is 8.47. The van der Waals surface area contributed by atoms with E-state index in [1.807, 2.05) is 18.2 Å². The number of hydrogen-bond acceptors (Lipinski definition) is 4. The molecule has 0 saturated heterocycles. The summed E-state index contributed by atoms with van der Waals surface area (Å²) >= 11 is 6.22. The lowest BCUT2D eigenvalue weighted by atomic mass is 9.97. The van der Waals surface area contributed by atoms with Gasteiger partial charge in [-0.1, -0.05) is 29.8 Å². The Morgan fingerprint density at radius 1 is 1.12 bits per heavy atom. The Labute approximate surface area is 200 Å². The third-order valence-electron chi connectivity index (χ3n) is 5.78. The molecule has 0 bridgehead atoms. The minimum atomic E-state index is -0.738. The van der Waals surface area contributed by atoms with Crippen molar-refractivity contribution in [1.82, 2.24) is 9.47 Å². The van der Waals surface area contributed by atoms with Gasteiger partial charge in [0.05, 0.1) is 13.2 Å². The number of carbonyl (C=O) groups excluding carboxylic acids is 1. The summed E-state index contributed by atoms with van der Waals surface area (Å²) in [5.41, 5.74) is 2.77. The van der Waals surface area contributed by atoms with Gasteiger partial charge in [0.25, 0.3) is 5.56 Å². The molecule has 34 heavy (non-hydrogen) atoms. The Kier molecular flexibility index (Phi) is 7.29. The topological polar surface area (TPSA) is 71.8 Å². The molecule has 3 aromatic rings. The van der Waals surface area contributed by atoms with E-state index in [0.717, 1.165) is 28.8 Å². The van der Waals surface area contributed by atoms with Crippen molar-refractivity contribution in [3.8, 4) is 5.75 Å². The highest BCUT2D eigenvalue weighted by molar-refractivity contribution is 6.31. The zero-order chi connectivity index (χ0) is 24.2. The number of nitrogens with zero attached hydrogens (tertiary/aromatic N) is 2. The minimum Gasteiger partial charge on any atom is -0.487 e. The number of aliphatic hydroxyl groups is 1. The van der Waals surface area contributed by atoms with Crippen molar-refractivity contribution in [2.45, 2.75) is 32.5 Å². The summed E-state index contributed by atoms with van der Waals surface area (Å²) in [6.45, 7) is 1.03. The van der Waals surface area contributed by atoms with Gasteiger partial charge in [-0.2, -0.15) is 0 Å². The number of rotatable bonds is 7. The number of fused-ring (bicyclic) bond motifs is 1. The summed E-state index contributed by atoms with van der Waals surface area (Å²) in [6, 6.07) is 10.6. The van der Waals surface area contributed by atoms with Gasteiger partial charge < -0.3 is 19.3 Å². The first-order valence-electron chi connectivity index (χ1n) is 10.8. The molecular weight excluding hydrogens is 466 g/mol. The Morgan fingerprint density at radius 2 is 1.94 bits per heavy atom. The normalized spacial score (nSPS) is 13.0. The Balaban J connectivity index is 1.45. The lowest BCUT2D eigenvalue weighted by molar-refractivity contribution is -0.132. The molecule has 0 radical (unpaired) electrons. The van der Waals surface area contributed by atoms with E-state index in [2.05, 4.69) is 0 Å². The van der Waals surface area contributed by atoms with Crippen LogP contribution in [0.3, 0.4) is 0 Å². The van der Waals surface area contributed by atoms with Crippen LogP contribution in [-0.2, 0) is 30.9 Å². The number of ether oxygens (including phenoxy) is 1. The second kappa shape index (κ2) is 10.4. The molecule has 6 nitrogen and oxygen atoms in total. The van der Waals surface area contributed by atoms with Gasteiger partial charge in [0.15, 0.2) is 0 Å². The number of pyridine rings is 1. The molecule has 1 aromatic heterocycles. The predicted octanol–water partition coefficient (Wildman–Crippen LogP) is 3.67. The van der Waals surface area contributed by atoms with E-state index >= 15 is 0 Å². The minimum absolute atomic E-state index is 0.0668. The van der Waals surface area contributed by atoms with Gasteiger partial charge in [-0.25, -0.2) is 8.78 Å².